The monoisotopic (exact) mass is 265 g/mol. The lowest BCUT2D eigenvalue weighted by atomic mass is 9.71. The van der Waals surface area contributed by atoms with Crippen molar-refractivity contribution in [1.82, 2.24) is 5.32 Å². The van der Waals surface area contributed by atoms with E-state index in [1.165, 1.54) is 0 Å². The summed E-state index contributed by atoms with van der Waals surface area (Å²) < 4.78 is 35.7. The van der Waals surface area contributed by atoms with Crippen LogP contribution in [0.1, 0.15) is 26.7 Å². The summed E-state index contributed by atoms with van der Waals surface area (Å²) in [6, 6.07) is 0. The van der Waals surface area contributed by atoms with Crippen LogP contribution in [-0.4, -0.2) is 30.2 Å². The third kappa shape index (κ3) is 3.82. The fourth-order valence-corrected chi connectivity index (χ4v) is 1.97. The van der Waals surface area contributed by atoms with Gasteiger partial charge in [0.1, 0.15) is 6.54 Å². The molecule has 1 N–H and O–H groups in total. The van der Waals surface area contributed by atoms with Crippen molar-refractivity contribution >= 4 is 17.5 Å². The Kier molecular flexibility index (Phi) is 3.83. The summed E-state index contributed by atoms with van der Waals surface area (Å²) in [6.45, 7) is 1.87. The third-order valence-electron chi connectivity index (χ3n) is 2.67. The average molecular weight is 265 g/mol. The van der Waals surface area contributed by atoms with E-state index in [2.05, 4.69) is 0 Å². The number of alkyl halides is 3. The molecule has 0 aromatic carbocycles. The zero-order valence-corrected chi connectivity index (χ0v) is 10.1. The lowest BCUT2D eigenvalue weighted by Crippen LogP contribution is -2.48. The van der Waals surface area contributed by atoms with E-state index in [9.17, 15) is 27.6 Å². The van der Waals surface area contributed by atoms with Crippen molar-refractivity contribution in [2.45, 2.75) is 32.9 Å². The van der Waals surface area contributed by atoms with Gasteiger partial charge in [-0.25, -0.2) is 0 Å². The molecule has 0 bridgehead atoms. The SMILES string of the molecule is CC1(C)CC(=O)C(C(=O)NCC(F)(F)F)C(=O)C1. The average Bonchev–Trinajstić information content (AvgIpc) is 2.10. The van der Waals surface area contributed by atoms with Crippen molar-refractivity contribution < 1.29 is 27.6 Å². The second kappa shape index (κ2) is 4.70. The fourth-order valence-electron chi connectivity index (χ4n) is 1.97. The molecule has 7 heteroatoms. The van der Waals surface area contributed by atoms with Crippen molar-refractivity contribution in [2.24, 2.45) is 11.3 Å². The summed E-state index contributed by atoms with van der Waals surface area (Å²) in [7, 11) is 0. The summed E-state index contributed by atoms with van der Waals surface area (Å²) in [4.78, 5) is 34.7. The van der Waals surface area contributed by atoms with Gasteiger partial charge in [-0.1, -0.05) is 13.8 Å². The number of Topliss-reactive ketones (excluding diaryl/α,β-unsaturated/α-hetero) is 2. The van der Waals surface area contributed by atoms with Crippen LogP contribution >= 0.6 is 0 Å². The van der Waals surface area contributed by atoms with E-state index in [0.717, 1.165) is 0 Å². The van der Waals surface area contributed by atoms with Crippen LogP contribution in [0, 0.1) is 11.3 Å². The number of rotatable bonds is 2. The van der Waals surface area contributed by atoms with E-state index in [1.54, 1.807) is 19.2 Å². The first-order valence-electron chi connectivity index (χ1n) is 5.42. The van der Waals surface area contributed by atoms with Gasteiger partial charge in [0.25, 0.3) is 0 Å². The highest BCUT2D eigenvalue weighted by atomic mass is 19.4. The van der Waals surface area contributed by atoms with Crippen LogP contribution in [0.4, 0.5) is 13.2 Å². The van der Waals surface area contributed by atoms with E-state index >= 15 is 0 Å². The van der Waals surface area contributed by atoms with Gasteiger partial charge in [0.05, 0.1) is 0 Å². The predicted octanol–water partition coefficient (Wildman–Crippen LogP) is 1.24. The zero-order valence-electron chi connectivity index (χ0n) is 10.1. The lowest BCUT2D eigenvalue weighted by molar-refractivity contribution is -0.151. The van der Waals surface area contributed by atoms with E-state index < -0.39 is 41.5 Å². The van der Waals surface area contributed by atoms with Gasteiger partial charge in [-0.3, -0.25) is 14.4 Å². The maximum absolute atomic E-state index is 11.9. The first-order chi connectivity index (χ1) is 8.02. The molecule has 0 spiro atoms. The fraction of sp³-hybridized carbons (Fsp3) is 0.727. The number of carbonyl (C=O) groups excluding carboxylic acids is 3. The quantitative estimate of drug-likeness (QED) is 0.764. The van der Waals surface area contributed by atoms with Crippen LogP contribution in [0.2, 0.25) is 0 Å². The normalized spacial score (nSPS) is 20.9. The Balaban J connectivity index is 2.69. The minimum atomic E-state index is -4.56. The zero-order chi connectivity index (χ0) is 14.1. The molecule has 1 saturated carbocycles. The smallest absolute Gasteiger partial charge is 0.346 e. The van der Waals surface area contributed by atoms with Crippen molar-refractivity contribution in [3.8, 4) is 0 Å². The summed E-state index contributed by atoms with van der Waals surface area (Å²) in [5.41, 5.74) is -0.533. The molecule has 0 aromatic heterocycles. The number of amides is 1. The minimum absolute atomic E-state index is 0.0167. The Morgan fingerprint density at radius 2 is 1.72 bits per heavy atom. The van der Waals surface area contributed by atoms with Gasteiger partial charge in [0.2, 0.25) is 5.91 Å². The van der Waals surface area contributed by atoms with Crippen LogP contribution in [0.5, 0.6) is 0 Å². The Morgan fingerprint density at radius 3 is 2.11 bits per heavy atom. The Labute approximate surface area is 102 Å². The Bertz CT molecular complexity index is 367. The second-order valence-electron chi connectivity index (χ2n) is 5.22. The summed E-state index contributed by atoms with van der Waals surface area (Å²) in [5.74, 6) is -3.97. The molecule has 4 nitrogen and oxygen atoms in total. The number of carbonyl (C=O) groups is 3. The molecule has 0 unspecified atom stereocenters. The largest absolute Gasteiger partial charge is 0.405 e. The molecular weight excluding hydrogens is 251 g/mol. The summed E-state index contributed by atoms with van der Waals surface area (Å²) in [5, 5.41) is 1.57. The van der Waals surface area contributed by atoms with Gasteiger partial charge in [-0.15, -0.1) is 0 Å². The topological polar surface area (TPSA) is 63.2 Å². The molecular formula is C11H14F3NO3. The minimum Gasteiger partial charge on any atom is -0.346 e. The van der Waals surface area contributed by atoms with Gasteiger partial charge in [-0.2, -0.15) is 13.2 Å². The molecule has 1 aliphatic carbocycles. The molecule has 0 aromatic rings. The van der Waals surface area contributed by atoms with Gasteiger partial charge in [0.15, 0.2) is 17.5 Å². The second-order valence-corrected chi connectivity index (χ2v) is 5.22. The highest BCUT2D eigenvalue weighted by Gasteiger charge is 2.44. The Morgan fingerprint density at radius 1 is 1.28 bits per heavy atom. The van der Waals surface area contributed by atoms with Crippen LogP contribution in [0.25, 0.3) is 0 Å². The highest BCUT2D eigenvalue weighted by Crippen LogP contribution is 2.33. The maximum Gasteiger partial charge on any atom is 0.405 e. The van der Waals surface area contributed by atoms with E-state index in [1.807, 2.05) is 0 Å². The van der Waals surface area contributed by atoms with Crippen molar-refractivity contribution in [1.29, 1.82) is 0 Å². The van der Waals surface area contributed by atoms with Crippen LogP contribution in [0.15, 0.2) is 0 Å². The first-order valence-corrected chi connectivity index (χ1v) is 5.42. The molecule has 0 radical (unpaired) electrons. The van der Waals surface area contributed by atoms with Gasteiger partial charge in [0, 0.05) is 12.8 Å². The molecule has 0 aliphatic heterocycles. The number of ketones is 2. The van der Waals surface area contributed by atoms with Crippen molar-refractivity contribution in [3.63, 3.8) is 0 Å². The third-order valence-corrected chi connectivity index (χ3v) is 2.67. The maximum atomic E-state index is 11.9. The van der Waals surface area contributed by atoms with E-state index in [4.69, 9.17) is 0 Å². The molecule has 18 heavy (non-hydrogen) atoms. The summed E-state index contributed by atoms with van der Waals surface area (Å²) in [6.07, 6.45) is -4.53. The molecule has 1 fully saturated rings. The predicted molar refractivity (Wildman–Crippen MR) is 55.6 cm³/mol. The molecule has 0 saturated heterocycles. The summed E-state index contributed by atoms with van der Waals surface area (Å²) >= 11 is 0. The molecule has 1 rings (SSSR count). The van der Waals surface area contributed by atoms with E-state index in [0.29, 0.717) is 0 Å². The van der Waals surface area contributed by atoms with Crippen molar-refractivity contribution in [2.75, 3.05) is 6.54 Å². The molecule has 0 atom stereocenters. The van der Waals surface area contributed by atoms with Crippen LogP contribution in [-0.2, 0) is 14.4 Å². The lowest BCUT2D eigenvalue weighted by Gasteiger charge is -2.31. The standard InChI is InChI=1S/C11H14F3NO3/c1-10(2)3-6(16)8(7(17)4-10)9(18)15-5-11(12,13)14/h8H,3-5H2,1-2H3,(H,15,18). The number of halogens is 3. The Hall–Kier alpha value is -1.40. The van der Waals surface area contributed by atoms with Gasteiger partial charge in [-0.05, 0) is 5.41 Å². The number of hydrogen-bond donors (Lipinski definition) is 1. The number of nitrogens with one attached hydrogen (secondary N) is 1. The van der Waals surface area contributed by atoms with Crippen LogP contribution < -0.4 is 5.32 Å². The van der Waals surface area contributed by atoms with Gasteiger partial charge < -0.3 is 5.32 Å². The van der Waals surface area contributed by atoms with Gasteiger partial charge >= 0.3 is 6.18 Å². The number of hydrogen-bond acceptors (Lipinski definition) is 3. The van der Waals surface area contributed by atoms with Crippen LogP contribution in [0.3, 0.4) is 0 Å². The molecule has 0 heterocycles. The van der Waals surface area contributed by atoms with E-state index in [-0.39, 0.29) is 12.8 Å². The van der Waals surface area contributed by atoms with Crippen molar-refractivity contribution in [3.05, 3.63) is 0 Å². The molecule has 1 aliphatic rings. The molecule has 1 amide bonds. The highest BCUT2D eigenvalue weighted by molar-refractivity contribution is 6.20. The first kappa shape index (κ1) is 14.7. The molecule has 102 valence electrons.